The van der Waals surface area contributed by atoms with Gasteiger partial charge in [0.15, 0.2) is 0 Å². The first-order chi connectivity index (χ1) is 9.11. The van der Waals surface area contributed by atoms with E-state index in [2.05, 4.69) is 25.8 Å². The van der Waals surface area contributed by atoms with E-state index in [9.17, 15) is 4.79 Å². The van der Waals surface area contributed by atoms with E-state index in [-0.39, 0.29) is 5.91 Å². The van der Waals surface area contributed by atoms with E-state index < -0.39 is 0 Å². The summed E-state index contributed by atoms with van der Waals surface area (Å²) in [5, 5.41) is 12.8. The molecule has 0 aromatic carbocycles. The number of H-pyrrole nitrogens is 2. The van der Waals surface area contributed by atoms with Gasteiger partial charge < -0.3 is 15.6 Å². The van der Waals surface area contributed by atoms with Crippen LogP contribution in [0.25, 0.3) is 6.08 Å². The first-order valence-electron chi connectivity index (χ1n) is 6.09. The Hall–Kier alpha value is -2.50. The molecule has 3 heterocycles. The van der Waals surface area contributed by atoms with E-state index in [0.29, 0.717) is 12.2 Å². The Morgan fingerprint density at radius 2 is 2.21 bits per heavy atom. The second-order valence-electron chi connectivity index (χ2n) is 4.68. The third kappa shape index (κ3) is 2.24. The molecule has 0 atom stereocenters. The van der Waals surface area contributed by atoms with E-state index in [1.807, 2.05) is 26.0 Å². The lowest BCUT2D eigenvalue weighted by Gasteiger charge is -2.16. The minimum Gasteiger partial charge on any atom is -0.366 e. The average Bonchev–Trinajstić information content (AvgIpc) is 2.93. The third-order valence-electron chi connectivity index (χ3n) is 2.99. The van der Waals surface area contributed by atoms with Gasteiger partial charge in [0.25, 0.3) is 5.91 Å². The standard InChI is InChI=1S/C13H15N5O/c1-7-3-9-5-10(6-14-12(9)15-7)16-13(19)11-4-8(2)17-18-11/h3-5,14-15H,6H2,1-2H3,(H,16,19)(H,17,18). The van der Waals surface area contributed by atoms with E-state index >= 15 is 0 Å². The van der Waals surface area contributed by atoms with Crippen LogP contribution >= 0.6 is 0 Å². The number of carbonyl (C=O) groups is 1. The number of fused-ring (bicyclic) bond motifs is 1. The zero-order valence-corrected chi connectivity index (χ0v) is 10.8. The van der Waals surface area contributed by atoms with E-state index in [1.54, 1.807) is 6.07 Å². The van der Waals surface area contributed by atoms with Crippen molar-refractivity contribution in [2.75, 3.05) is 11.9 Å². The number of aromatic nitrogens is 3. The summed E-state index contributed by atoms with van der Waals surface area (Å²) in [6.07, 6.45) is 1.97. The lowest BCUT2D eigenvalue weighted by Crippen LogP contribution is -2.28. The fraction of sp³-hybridized carbons (Fsp3) is 0.231. The molecular weight excluding hydrogens is 242 g/mol. The van der Waals surface area contributed by atoms with Crippen LogP contribution in [-0.4, -0.2) is 27.6 Å². The minimum atomic E-state index is -0.177. The smallest absolute Gasteiger partial charge is 0.273 e. The van der Waals surface area contributed by atoms with Gasteiger partial charge in [-0.3, -0.25) is 9.89 Å². The molecule has 98 valence electrons. The molecule has 2 aromatic heterocycles. The molecule has 0 bridgehead atoms. The van der Waals surface area contributed by atoms with Gasteiger partial charge in [0.1, 0.15) is 11.5 Å². The van der Waals surface area contributed by atoms with Crippen LogP contribution < -0.4 is 10.6 Å². The molecule has 0 spiro atoms. The van der Waals surface area contributed by atoms with Crippen molar-refractivity contribution >= 4 is 17.8 Å². The van der Waals surface area contributed by atoms with Gasteiger partial charge in [-0.1, -0.05) is 0 Å². The zero-order chi connectivity index (χ0) is 13.4. The van der Waals surface area contributed by atoms with Crippen molar-refractivity contribution in [2.24, 2.45) is 0 Å². The Bertz CT molecular complexity index is 664. The molecule has 0 saturated carbocycles. The maximum atomic E-state index is 12.0. The number of hydrogen-bond donors (Lipinski definition) is 4. The predicted molar refractivity (Wildman–Crippen MR) is 72.8 cm³/mol. The summed E-state index contributed by atoms with van der Waals surface area (Å²) in [6.45, 7) is 4.43. The van der Waals surface area contributed by atoms with Gasteiger partial charge in [-0.05, 0) is 32.1 Å². The number of nitrogens with zero attached hydrogens (tertiary/aromatic N) is 1. The molecular formula is C13H15N5O. The normalized spacial score (nSPS) is 13.5. The second-order valence-corrected chi connectivity index (χ2v) is 4.68. The molecule has 19 heavy (non-hydrogen) atoms. The summed E-state index contributed by atoms with van der Waals surface area (Å²) >= 11 is 0. The van der Waals surface area contributed by atoms with Crippen LogP contribution in [0.4, 0.5) is 5.82 Å². The molecule has 1 aliphatic heterocycles. The Kier molecular flexibility index (Phi) is 2.63. The largest absolute Gasteiger partial charge is 0.366 e. The summed E-state index contributed by atoms with van der Waals surface area (Å²) in [5.74, 6) is 0.817. The third-order valence-corrected chi connectivity index (χ3v) is 2.99. The average molecular weight is 257 g/mol. The van der Waals surface area contributed by atoms with Crippen LogP contribution in [0.5, 0.6) is 0 Å². The summed E-state index contributed by atoms with van der Waals surface area (Å²) in [5.41, 5.74) is 4.24. The van der Waals surface area contributed by atoms with E-state index in [4.69, 9.17) is 0 Å². The second kappa shape index (κ2) is 4.31. The maximum Gasteiger partial charge on any atom is 0.273 e. The van der Waals surface area contributed by atoms with Crippen LogP contribution in [0, 0.1) is 13.8 Å². The van der Waals surface area contributed by atoms with Gasteiger partial charge in [0.05, 0.1) is 12.2 Å². The fourth-order valence-corrected chi connectivity index (χ4v) is 2.12. The quantitative estimate of drug-likeness (QED) is 0.658. The first-order valence-corrected chi connectivity index (χ1v) is 6.09. The van der Waals surface area contributed by atoms with E-state index in [1.165, 1.54) is 0 Å². The Labute approximate surface area is 110 Å². The first kappa shape index (κ1) is 11.6. The van der Waals surface area contributed by atoms with Gasteiger partial charge >= 0.3 is 0 Å². The number of nitrogens with one attached hydrogen (secondary N) is 4. The number of hydrogen-bond acceptors (Lipinski definition) is 3. The molecule has 6 nitrogen and oxygen atoms in total. The van der Waals surface area contributed by atoms with Crippen molar-refractivity contribution in [1.82, 2.24) is 20.5 Å². The summed E-state index contributed by atoms with van der Waals surface area (Å²) in [7, 11) is 0. The fourth-order valence-electron chi connectivity index (χ4n) is 2.12. The topological polar surface area (TPSA) is 85.6 Å². The highest BCUT2D eigenvalue weighted by molar-refractivity contribution is 5.94. The Morgan fingerprint density at radius 3 is 2.95 bits per heavy atom. The van der Waals surface area contributed by atoms with Gasteiger partial charge in [-0.25, -0.2) is 0 Å². The number of amides is 1. The van der Waals surface area contributed by atoms with Crippen molar-refractivity contribution < 1.29 is 4.79 Å². The highest BCUT2D eigenvalue weighted by Gasteiger charge is 2.15. The van der Waals surface area contributed by atoms with Crippen LogP contribution in [0.2, 0.25) is 0 Å². The SMILES string of the molecule is Cc1cc(C(=O)NC2=Cc3cc(C)[nH]c3NC2)[nH]n1. The van der Waals surface area contributed by atoms with Crippen LogP contribution in [0.15, 0.2) is 17.8 Å². The summed E-state index contributed by atoms with van der Waals surface area (Å²) in [6, 6.07) is 3.76. The number of carbonyl (C=O) groups excluding carboxylic acids is 1. The van der Waals surface area contributed by atoms with Gasteiger partial charge in [0, 0.05) is 17.0 Å². The molecule has 0 radical (unpaired) electrons. The van der Waals surface area contributed by atoms with Crippen molar-refractivity contribution in [3.05, 3.63) is 40.5 Å². The van der Waals surface area contributed by atoms with Crippen molar-refractivity contribution in [1.29, 1.82) is 0 Å². The number of aryl methyl sites for hydroxylation is 2. The Balaban J connectivity index is 1.78. The van der Waals surface area contributed by atoms with Crippen molar-refractivity contribution in [3.63, 3.8) is 0 Å². The van der Waals surface area contributed by atoms with Crippen LogP contribution in [0.1, 0.15) is 27.4 Å². The van der Waals surface area contributed by atoms with E-state index in [0.717, 1.165) is 28.5 Å². The lowest BCUT2D eigenvalue weighted by molar-refractivity contribution is 0.0961. The highest BCUT2D eigenvalue weighted by Crippen LogP contribution is 2.22. The molecule has 0 aliphatic carbocycles. The van der Waals surface area contributed by atoms with Crippen molar-refractivity contribution in [3.8, 4) is 0 Å². The molecule has 6 heteroatoms. The van der Waals surface area contributed by atoms with Crippen LogP contribution in [-0.2, 0) is 0 Å². The number of rotatable bonds is 2. The number of aromatic amines is 2. The van der Waals surface area contributed by atoms with Gasteiger partial charge in [-0.2, -0.15) is 5.10 Å². The monoisotopic (exact) mass is 257 g/mol. The van der Waals surface area contributed by atoms with Gasteiger partial charge in [0.2, 0.25) is 0 Å². The highest BCUT2D eigenvalue weighted by atomic mass is 16.1. The maximum absolute atomic E-state index is 12.0. The molecule has 0 saturated heterocycles. The van der Waals surface area contributed by atoms with Crippen molar-refractivity contribution in [2.45, 2.75) is 13.8 Å². The Morgan fingerprint density at radius 1 is 1.37 bits per heavy atom. The van der Waals surface area contributed by atoms with Gasteiger partial charge in [-0.15, -0.1) is 0 Å². The predicted octanol–water partition coefficient (Wildman–Crippen LogP) is 1.55. The minimum absolute atomic E-state index is 0.177. The molecule has 0 unspecified atom stereocenters. The molecule has 2 aromatic rings. The number of anilines is 1. The molecule has 3 rings (SSSR count). The molecule has 1 aliphatic rings. The van der Waals surface area contributed by atoms with Crippen LogP contribution in [0.3, 0.4) is 0 Å². The summed E-state index contributed by atoms with van der Waals surface area (Å²) in [4.78, 5) is 15.2. The lowest BCUT2D eigenvalue weighted by atomic mass is 10.2. The molecule has 1 amide bonds. The molecule has 4 N–H and O–H groups in total. The molecule has 0 fully saturated rings. The summed E-state index contributed by atoms with van der Waals surface area (Å²) < 4.78 is 0. The zero-order valence-electron chi connectivity index (χ0n) is 10.8.